The number of hydrogen-bond donors (Lipinski definition) is 4. The minimum atomic E-state index is -3.72. The lowest BCUT2D eigenvalue weighted by Crippen LogP contribution is -2.34. The fourth-order valence-corrected chi connectivity index (χ4v) is 4.81. The minimum Gasteiger partial charge on any atom is -0.491 e. The molecule has 12 heteroatoms. The third kappa shape index (κ3) is 9.71. The van der Waals surface area contributed by atoms with Crippen LogP contribution in [0.5, 0.6) is 11.5 Å². The van der Waals surface area contributed by atoms with Crippen molar-refractivity contribution in [3.05, 3.63) is 65.4 Å². The van der Waals surface area contributed by atoms with Gasteiger partial charge in [0.1, 0.15) is 30.0 Å². The Kier molecular flexibility index (Phi) is 11.8. The van der Waals surface area contributed by atoms with Gasteiger partial charge in [0, 0.05) is 16.7 Å². The van der Waals surface area contributed by atoms with Crippen molar-refractivity contribution >= 4 is 25.6 Å². The number of phosphoric ester groups is 1. The number of amidine groups is 1. The summed E-state index contributed by atoms with van der Waals surface area (Å²) in [5.41, 5.74) is 7.18. The number of phosphoric acid groups is 1. The Morgan fingerprint density at radius 3 is 2.41 bits per heavy atom. The summed E-state index contributed by atoms with van der Waals surface area (Å²) < 4.78 is 39.8. The van der Waals surface area contributed by atoms with E-state index in [1.807, 2.05) is 0 Å². The van der Waals surface area contributed by atoms with Crippen LogP contribution in [0.4, 0.5) is 0 Å². The van der Waals surface area contributed by atoms with Crippen molar-refractivity contribution in [2.75, 3.05) is 39.5 Å². The van der Waals surface area contributed by atoms with E-state index in [2.05, 4.69) is 10.6 Å². The number of piperidine rings is 1. The summed E-state index contributed by atoms with van der Waals surface area (Å²) in [6.45, 7) is 5.97. The highest BCUT2D eigenvalue weighted by molar-refractivity contribution is 7.48. The van der Waals surface area contributed by atoms with Gasteiger partial charge in [0.05, 0.1) is 26.0 Å². The Morgan fingerprint density at radius 2 is 1.77 bits per heavy atom. The van der Waals surface area contributed by atoms with E-state index in [-0.39, 0.29) is 44.2 Å². The van der Waals surface area contributed by atoms with Crippen LogP contribution in [-0.2, 0) is 18.1 Å². The van der Waals surface area contributed by atoms with Gasteiger partial charge in [-0.2, -0.15) is 0 Å². The van der Waals surface area contributed by atoms with Crippen molar-refractivity contribution in [1.29, 1.82) is 5.41 Å². The molecule has 0 bridgehead atoms. The topological polar surface area (TPSA) is 154 Å². The van der Waals surface area contributed by atoms with E-state index in [0.29, 0.717) is 22.4 Å². The van der Waals surface area contributed by atoms with Crippen LogP contribution in [0.15, 0.2) is 48.7 Å². The zero-order valence-electron chi connectivity index (χ0n) is 22.3. The summed E-state index contributed by atoms with van der Waals surface area (Å²) in [7, 11) is -3.72. The summed E-state index contributed by atoms with van der Waals surface area (Å²) in [5.74, 6) is 0.791. The number of nitrogen functional groups attached to an aromatic ring is 1. The van der Waals surface area contributed by atoms with E-state index in [1.54, 1.807) is 56.3 Å². The predicted molar refractivity (Wildman–Crippen MR) is 149 cm³/mol. The molecule has 1 heterocycles. The first-order valence-electron chi connectivity index (χ1n) is 12.9. The molecule has 39 heavy (non-hydrogen) atoms. The molecule has 2 aromatic carbocycles. The molecule has 0 atom stereocenters. The molecular formula is C27H37N4O7P. The molecule has 0 aromatic heterocycles. The van der Waals surface area contributed by atoms with Gasteiger partial charge in [-0.15, -0.1) is 0 Å². The average molecular weight is 561 g/mol. The predicted octanol–water partition coefficient (Wildman–Crippen LogP) is 4.08. The summed E-state index contributed by atoms with van der Waals surface area (Å²) in [4.78, 5) is 12.6. The number of nitrogens with two attached hydrogens (primary N) is 1. The lowest BCUT2D eigenvalue weighted by molar-refractivity contribution is 0.0946. The zero-order valence-corrected chi connectivity index (χ0v) is 23.2. The molecule has 0 saturated carbocycles. The highest BCUT2D eigenvalue weighted by Gasteiger charge is 2.25. The van der Waals surface area contributed by atoms with E-state index in [0.717, 1.165) is 31.7 Å². The lowest BCUT2D eigenvalue weighted by atomic mass is 10.1. The maximum atomic E-state index is 12.6. The van der Waals surface area contributed by atoms with Gasteiger partial charge in [-0.3, -0.25) is 19.3 Å². The molecule has 0 spiro atoms. The SMILES string of the molecule is CCOP(=O)(OC=Cc1ccc(C(=N)N)cc1OCCNC(=O)c1ccc(OC2CCNCC2)cc1)OCC. The van der Waals surface area contributed by atoms with Gasteiger partial charge < -0.3 is 30.4 Å². The molecule has 1 aliphatic heterocycles. The summed E-state index contributed by atoms with van der Waals surface area (Å²) in [6.07, 6.45) is 4.86. The van der Waals surface area contributed by atoms with E-state index in [1.165, 1.54) is 12.3 Å². The normalized spacial score (nSPS) is 14.2. The van der Waals surface area contributed by atoms with Crippen molar-refractivity contribution in [1.82, 2.24) is 10.6 Å². The molecule has 212 valence electrons. The number of ether oxygens (including phenoxy) is 2. The third-order valence-corrected chi connectivity index (χ3v) is 7.22. The number of carbonyl (C=O) groups excluding carboxylic acids is 1. The Balaban J connectivity index is 1.55. The number of rotatable bonds is 15. The van der Waals surface area contributed by atoms with E-state index < -0.39 is 7.82 Å². The summed E-state index contributed by atoms with van der Waals surface area (Å²) in [5, 5.41) is 13.8. The average Bonchev–Trinajstić information content (AvgIpc) is 2.92. The smallest absolute Gasteiger partial charge is 0.491 e. The second-order valence-electron chi connectivity index (χ2n) is 8.55. The minimum absolute atomic E-state index is 0.121. The molecule has 1 amide bonds. The van der Waals surface area contributed by atoms with Gasteiger partial charge in [-0.05, 0) is 76.2 Å². The Labute approximate surface area is 229 Å². The number of benzene rings is 2. The molecule has 0 radical (unpaired) electrons. The molecule has 5 N–H and O–H groups in total. The quantitative estimate of drug-likeness (QED) is 0.0829. The molecule has 0 aliphatic carbocycles. The van der Waals surface area contributed by atoms with Gasteiger partial charge >= 0.3 is 7.82 Å². The van der Waals surface area contributed by atoms with Gasteiger partial charge in [0.2, 0.25) is 0 Å². The molecule has 2 aromatic rings. The van der Waals surface area contributed by atoms with E-state index >= 15 is 0 Å². The Bertz CT molecular complexity index is 1160. The number of carbonyl (C=O) groups is 1. The molecule has 1 aliphatic rings. The third-order valence-electron chi connectivity index (χ3n) is 5.69. The molecule has 11 nitrogen and oxygen atoms in total. The van der Waals surface area contributed by atoms with Crippen LogP contribution < -0.4 is 25.8 Å². The summed E-state index contributed by atoms with van der Waals surface area (Å²) in [6, 6.07) is 12.0. The molecule has 0 unspecified atom stereocenters. The highest BCUT2D eigenvalue weighted by Crippen LogP contribution is 2.49. The molecule has 1 fully saturated rings. The monoisotopic (exact) mass is 560 g/mol. The van der Waals surface area contributed by atoms with Crippen molar-refractivity contribution in [3.8, 4) is 11.5 Å². The van der Waals surface area contributed by atoms with Crippen LogP contribution in [0.1, 0.15) is 48.2 Å². The number of hydrogen-bond acceptors (Lipinski definition) is 9. The fourth-order valence-electron chi connectivity index (χ4n) is 3.78. The van der Waals surface area contributed by atoms with Crippen LogP contribution in [0, 0.1) is 5.41 Å². The zero-order chi connectivity index (χ0) is 28.1. The van der Waals surface area contributed by atoms with Crippen LogP contribution in [-0.4, -0.2) is 57.3 Å². The number of amides is 1. The second kappa shape index (κ2) is 15.3. The van der Waals surface area contributed by atoms with Crippen LogP contribution in [0.3, 0.4) is 0 Å². The van der Waals surface area contributed by atoms with Gasteiger partial charge in [0.25, 0.3) is 5.91 Å². The molecule has 1 saturated heterocycles. The van der Waals surface area contributed by atoms with Crippen LogP contribution >= 0.6 is 7.82 Å². The molecular weight excluding hydrogens is 523 g/mol. The highest BCUT2D eigenvalue weighted by atomic mass is 31.2. The largest absolute Gasteiger partial charge is 0.529 e. The molecule has 3 rings (SSSR count). The first-order chi connectivity index (χ1) is 18.8. The van der Waals surface area contributed by atoms with Crippen molar-refractivity contribution in [2.45, 2.75) is 32.8 Å². The number of nitrogens with one attached hydrogen (secondary N) is 3. The lowest BCUT2D eigenvalue weighted by Gasteiger charge is -2.23. The van der Waals surface area contributed by atoms with Crippen molar-refractivity contribution in [3.63, 3.8) is 0 Å². The maximum absolute atomic E-state index is 12.6. The fraction of sp³-hybridized carbons (Fsp3) is 0.407. The van der Waals surface area contributed by atoms with Crippen LogP contribution in [0.2, 0.25) is 0 Å². The van der Waals surface area contributed by atoms with Gasteiger partial charge in [-0.25, -0.2) is 4.57 Å². The van der Waals surface area contributed by atoms with E-state index in [9.17, 15) is 9.36 Å². The standard InChI is InChI=1S/C27H37N4O7P/c1-3-35-39(33,36-4-2)37-17-13-20-5-6-22(26(28)29)19-25(20)34-18-16-31-27(32)21-7-9-23(10-8-21)38-24-11-14-30-15-12-24/h5-10,13,17,19,24,30H,3-4,11-12,14-16,18H2,1-2H3,(H3,28,29)(H,31,32). The van der Waals surface area contributed by atoms with Gasteiger partial charge in [-0.1, -0.05) is 12.1 Å². The Morgan fingerprint density at radius 1 is 1.10 bits per heavy atom. The first kappa shape index (κ1) is 30.2. The summed E-state index contributed by atoms with van der Waals surface area (Å²) >= 11 is 0. The van der Waals surface area contributed by atoms with Crippen molar-refractivity contribution in [2.24, 2.45) is 5.73 Å². The van der Waals surface area contributed by atoms with Crippen LogP contribution in [0.25, 0.3) is 6.08 Å². The first-order valence-corrected chi connectivity index (χ1v) is 14.4. The van der Waals surface area contributed by atoms with E-state index in [4.69, 9.17) is 34.2 Å². The van der Waals surface area contributed by atoms with Gasteiger partial charge in [0.15, 0.2) is 0 Å². The second-order valence-corrected chi connectivity index (χ2v) is 10.2. The maximum Gasteiger partial charge on any atom is 0.529 e. The Hall–Kier alpha value is -3.37. The van der Waals surface area contributed by atoms with Crippen molar-refractivity contribution < 1.29 is 32.4 Å².